The van der Waals surface area contributed by atoms with Crippen LogP contribution in [0.25, 0.3) is 0 Å². The lowest BCUT2D eigenvalue weighted by molar-refractivity contribution is -0.194. The average Bonchev–Trinajstić information content (AvgIpc) is 2.23. The maximum atomic E-state index is 12.5. The number of morpholine rings is 1. The van der Waals surface area contributed by atoms with Gasteiger partial charge in [0.25, 0.3) is 0 Å². The molecule has 0 aromatic heterocycles. The molecule has 0 aromatic rings. The molecule has 0 saturated carbocycles. The molecule has 0 spiro atoms. The van der Waals surface area contributed by atoms with E-state index in [4.69, 9.17) is 9.47 Å². The quantitative estimate of drug-likeness (QED) is 0.763. The van der Waals surface area contributed by atoms with Crippen molar-refractivity contribution in [1.29, 1.82) is 0 Å². The molecule has 1 fully saturated rings. The van der Waals surface area contributed by atoms with Crippen LogP contribution >= 0.6 is 0 Å². The zero-order valence-electron chi connectivity index (χ0n) is 12.9. The standard InChI is InChI=1S/C13H23F3N2O3/c1-12(2)8-18(9-13(14,15)16)5-10(21-12)6-20-7-11(19)17(3)4/h10H,5-9H2,1-4H3/t10-/m0/s1. The molecule has 0 radical (unpaired) electrons. The Hall–Kier alpha value is -0.860. The number of halogens is 3. The summed E-state index contributed by atoms with van der Waals surface area (Å²) in [6.45, 7) is 2.86. The number of ether oxygens (including phenoxy) is 2. The number of hydrogen-bond donors (Lipinski definition) is 0. The SMILES string of the molecule is CN(C)C(=O)COC[C@@H]1CN(CC(F)(F)F)CC(C)(C)O1. The van der Waals surface area contributed by atoms with Crippen LogP contribution < -0.4 is 0 Å². The first kappa shape index (κ1) is 18.2. The molecule has 1 atom stereocenters. The van der Waals surface area contributed by atoms with Crippen LogP contribution in [0, 0.1) is 0 Å². The highest BCUT2D eigenvalue weighted by Crippen LogP contribution is 2.25. The first-order valence-electron chi connectivity index (χ1n) is 6.73. The van der Waals surface area contributed by atoms with E-state index in [1.54, 1.807) is 27.9 Å². The molecule has 8 heteroatoms. The number of rotatable bonds is 5. The summed E-state index contributed by atoms with van der Waals surface area (Å²) in [5.74, 6) is -0.197. The largest absolute Gasteiger partial charge is 0.401 e. The molecule has 21 heavy (non-hydrogen) atoms. The van der Waals surface area contributed by atoms with Crippen molar-refractivity contribution >= 4 is 5.91 Å². The van der Waals surface area contributed by atoms with E-state index in [2.05, 4.69) is 0 Å². The van der Waals surface area contributed by atoms with E-state index in [9.17, 15) is 18.0 Å². The van der Waals surface area contributed by atoms with Crippen LogP contribution in [0.2, 0.25) is 0 Å². The fourth-order valence-corrected chi connectivity index (χ4v) is 2.28. The van der Waals surface area contributed by atoms with Gasteiger partial charge in [-0.25, -0.2) is 0 Å². The summed E-state index contributed by atoms with van der Waals surface area (Å²) >= 11 is 0. The Kier molecular flexibility index (Phi) is 6.01. The van der Waals surface area contributed by atoms with Gasteiger partial charge >= 0.3 is 6.18 Å². The van der Waals surface area contributed by atoms with Gasteiger partial charge in [-0.15, -0.1) is 0 Å². The van der Waals surface area contributed by atoms with Crippen molar-refractivity contribution < 1.29 is 27.4 Å². The summed E-state index contributed by atoms with van der Waals surface area (Å²) in [5.41, 5.74) is -0.677. The van der Waals surface area contributed by atoms with Crippen molar-refractivity contribution in [2.75, 3.05) is 46.9 Å². The van der Waals surface area contributed by atoms with Crippen LogP contribution in [0.3, 0.4) is 0 Å². The Morgan fingerprint density at radius 2 is 2.05 bits per heavy atom. The first-order valence-corrected chi connectivity index (χ1v) is 6.73. The Morgan fingerprint density at radius 3 is 2.57 bits per heavy atom. The second-order valence-corrected chi connectivity index (χ2v) is 6.09. The highest BCUT2D eigenvalue weighted by atomic mass is 19.4. The molecule has 1 amide bonds. The molecule has 0 aliphatic carbocycles. The van der Waals surface area contributed by atoms with Crippen molar-refractivity contribution in [3.63, 3.8) is 0 Å². The van der Waals surface area contributed by atoms with Gasteiger partial charge in [-0.2, -0.15) is 13.2 Å². The van der Waals surface area contributed by atoms with Gasteiger partial charge in [0.1, 0.15) is 6.61 Å². The van der Waals surface area contributed by atoms with Gasteiger partial charge in [0.05, 0.1) is 24.9 Å². The van der Waals surface area contributed by atoms with Gasteiger partial charge < -0.3 is 14.4 Å². The zero-order chi connectivity index (χ0) is 16.3. The predicted octanol–water partition coefficient (Wildman–Crippen LogP) is 1.13. The lowest BCUT2D eigenvalue weighted by Gasteiger charge is -2.42. The van der Waals surface area contributed by atoms with Crippen molar-refractivity contribution in [2.45, 2.75) is 31.7 Å². The molecule has 1 rings (SSSR count). The normalized spacial score (nSPS) is 23.1. The van der Waals surface area contributed by atoms with Crippen LogP contribution in [0.5, 0.6) is 0 Å². The number of carbonyl (C=O) groups excluding carboxylic acids is 1. The number of hydrogen-bond acceptors (Lipinski definition) is 4. The first-order chi connectivity index (χ1) is 9.48. The smallest absolute Gasteiger partial charge is 0.369 e. The summed E-state index contributed by atoms with van der Waals surface area (Å²) < 4.78 is 48.5. The summed E-state index contributed by atoms with van der Waals surface area (Å²) in [4.78, 5) is 14.1. The van der Waals surface area contributed by atoms with E-state index in [0.29, 0.717) is 0 Å². The topological polar surface area (TPSA) is 42.0 Å². The van der Waals surface area contributed by atoms with Crippen molar-refractivity contribution in [2.24, 2.45) is 0 Å². The average molecular weight is 312 g/mol. The molecule has 0 aromatic carbocycles. The second-order valence-electron chi connectivity index (χ2n) is 6.09. The van der Waals surface area contributed by atoms with Gasteiger partial charge in [-0.3, -0.25) is 9.69 Å². The number of likely N-dealkylation sites (N-methyl/N-ethyl adjacent to an activating group) is 1. The maximum absolute atomic E-state index is 12.5. The van der Waals surface area contributed by atoms with Gasteiger partial charge in [-0.05, 0) is 13.8 Å². The van der Waals surface area contributed by atoms with E-state index in [-0.39, 0.29) is 32.2 Å². The Morgan fingerprint density at radius 1 is 1.43 bits per heavy atom. The summed E-state index contributed by atoms with van der Waals surface area (Å²) in [6.07, 6.45) is -4.72. The van der Waals surface area contributed by atoms with Crippen LogP contribution in [-0.4, -0.2) is 80.5 Å². The van der Waals surface area contributed by atoms with Crippen LogP contribution in [0.4, 0.5) is 13.2 Å². The minimum Gasteiger partial charge on any atom is -0.369 e. The van der Waals surface area contributed by atoms with Crippen molar-refractivity contribution in [3.8, 4) is 0 Å². The fraction of sp³-hybridized carbons (Fsp3) is 0.923. The number of nitrogens with zero attached hydrogens (tertiary/aromatic N) is 2. The van der Waals surface area contributed by atoms with Crippen LogP contribution in [0.1, 0.15) is 13.8 Å². The Balaban J connectivity index is 2.48. The highest BCUT2D eigenvalue weighted by molar-refractivity contribution is 5.76. The number of alkyl halides is 3. The van der Waals surface area contributed by atoms with Crippen LogP contribution in [0.15, 0.2) is 0 Å². The third-order valence-electron chi connectivity index (χ3n) is 2.98. The molecular formula is C13H23F3N2O3. The summed E-state index contributed by atoms with van der Waals surface area (Å²) in [5, 5.41) is 0. The molecule has 1 saturated heterocycles. The zero-order valence-corrected chi connectivity index (χ0v) is 12.9. The Labute approximate surface area is 123 Å². The fourth-order valence-electron chi connectivity index (χ4n) is 2.28. The Bertz CT molecular complexity index is 357. The van der Waals surface area contributed by atoms with E-state index in [1.165, 1.54) is 9.80 Å². The van der Waals surface area contributed by atoms with E-state index in [1.807, 2.05) is 0 Å². The van der Waals surface area contributed by atoms with Gasteiger partial charge in [-0.1, -0.05) is 0 Å². The third-order valence-corrected chi connectivity index (χ3v) is 2.98. The van der Waals surface area contributed by atoms with Crippen molar-refractivity contribution in [3.05, 3.63) is 0 Å². The minimum absolute atomic E-state index is 0.0946. The molecule has 1 aliphatic rings. The predicted molar refractivity (Wildman–Crippen MR) is 71.0 cm³/mol. The summed E-state index contributed by atoms with van der Waals surface area (Å²) in [7, 11) is 3.22. The molecule has 1 aliphatic heterocycles. The highest BCUT2D eigenvalue weighted by Gasteiger charge is 2.39. The van der Waals surface area contributed by atoms with E-state index < -0.39 is 24.4 Å². The molecule has 0 N–H and O–H groups in total. The molecule has 0 bridgehead atoms. The lowest BCUT2D eigenvalue weighted by atomic mass is 10.1. The summed E-state index contributed by atoms with van der Waals surface area (Å²) in [6, 6.07) is 0. The number of carbonyl (C=O) groups is 1. The molecule has 0 unspecified atom stereocenters. The van der Waals surface area contributed by atoms with Gasteiger partial charge in [0, 0.05) is 27.2 Å². The minimum atomic E-state index is -4.24. The monoisotopic (exact) mass is 312 g/mol. The molecular weight excluding hydrogens is 289 g/mol. The van der Waals surface area contributed by atoms with Gasteiger partial charge in [0.2, 0.25) is 5.91 Å². The second kappa shape index (κ2) is 6.93. The lowest BCUT2D eigenvalue weighted by Crippen LogP contribution is -2.56. The molecule has 124 valence electrons. The maximum Gasteiger partial charge on any atom is 0.401 e. The molecule has 5 nitrogen and oxygen atoms in total. The third kappa shape index (κ3) is 7.10. The van der Waals surface area contributed by atoms with E-state index in [0.717, 1.165) is 0 Å². The number of amides is 1. The van der Waals surface area contributed by atoms with Gasteiger partial charge in [0.15, 0.2) is 0 Å². The van der Waals surface area contributed by atoms with Crippen molar-refractivity contribution in [1.82, 2.24) is 9.80 Å². The van der Waals surface area contributed by atoms with Crippen LogP contribution in [-0.2, 0) is 14.3 Å². The van der Waals surface area contributed by atoms with E-state index >= 15 is 0 Å². The molecule has 1 heterocycles.